The lowest BCUT2D eigenvalue weighted by Crippen LogP contribution is -2.30. The number of halogens is 1. The van der Waals surface area contributed by atoms with E-state index in [9.17, 15) is 4.79 Å². The molecule has 0 aliphatic rings. The summed E-state index contributed by atoms with van der Waals surface area (Å²) in [5.41, 5.74) is 4.13. The number of aryl methyl sites for hydroxylation is 1. The monoisotopic (exact) mass is 461 g/mol. The average molecular weight is 462 g/mol. The molecule has 1 heterocycles. The zero-order chi connectivity index (χ0) is 23.2. The maximum atomic E-state index is 12.7. The van der Waals surface area contributed by atoms with Crippen LogP contribution in [0.3, 0.4) is 0 Å². The molecule has 0 aliphatic heterocycles. The Morgan fingerprint density at radius 1 is 1.03 bits per heavy atom. The minimum absolute atomic E-state index is 0.0595. The molecule has 4 aromatic rings. The molecular formula is C27H28ClN3O2. The molecule has 6 heteroatoms. The van der Waals surface area contributed by atoms with Crippen LogP contribution in [0.1, 0.15) is 36.8 Å². The third-order valence-electron chi connectivity index (χ3n) is 5.64. The zero-order valence-corrected chi connectivity index (χ0v) is 19.7. The van der Waals surface area contributed by atoms with Crippen LogP contribution >= 0.6 is 11.6 Å². The first-order valence-corrected chi connectivity index (χ1v) is 11.6. The van der Waals surface area contributed by atoms with Crippen LogP contribution in [0.5, 0.6) is 5.75 Å². The first kappa shape index (κ1) is 22.9. The Morgan fingerprint density at radius 2 is 1.73 bits per heavy atom. The highest BCUT2D eigenvalue weighted by molar-refractivity contribution is 6.30. The molecule has 1 amide bonds. The van der Waals surface area contributed by atoms with E-state index in [1.807, 2.05) is 55.5 Å². The van der Waals surface area contributed by atoms with E-state index < -0.39 is 0 Å². The van der Waals surface area contributed by atoms with Gasteiger partial charge in [0, 0.05) is 5.02 Å². The first-order chi connectivity index (χ1) is 16.0. The molecule has 1 unspecified atom stereocenters. The van der Waals surface area contributed by atoms with Gasteiger partial charge in [0.2, 0.25) is 5.91 Å². The molecule has 0 radical (unpaired) electrons. The molecule has 0 spiro atoms. The van der Waals surface area contributed by atoms with Gasteiger partial charge in [0.05, 0.1) is 30.0 Å². The lowest BCUT2D eigenvalue weighted by atomic mass is 10.1. The van der Waals surface area contributed by atoms with Gasteiger partial charge in [0.25, 0.3) is 0 Å². The fourth-order valence-electron chi connectivity index (χ4n) is 3.88. The van der Waals surface area contributed by atoms with Crippen LogP contribution in [0, 0.1) is 0 Å². The summed E-state index contributed by atoms with van der Waals surface area (Å²) in [6, 6.07) is 23.3. The number of nitrogens with zero attached hydrogens (tertiary/aromatic N) is 2. The van der Waals surface area contributed by atoms with E-state index in [4.69, 9.17) is 21.3 Å². The number of nitrogens with one attached hydrogen (secondary N) is 1. The van der Waals surface area contributed by atoms with E-state index in [0.717, 1.165) is 34.6 Å². The number of hydrogen-bond donors (Lipinski definition) is 1. The van der Waals surface area contributed by atoms with E-state index in [-0.39, 0.29) is 11.9 Å². The summed E-state index contributed by atoms with van der Waals surface area (Å²) in [6.07, 6.45) is 1.30. The smallest absolute Gasteiger partial charge is 0.224 e. The van der Waals surface area contributed by atoms with Crippen LogP contribution in [0.25, 0.3) is 11.0 Å². The minimum Gasteiger partial charge on any atom is -0.492 e. The van der Waals surface area contributed by atoms with Crippen molar-refractivity contribution in [2.45, 2.75) is 39.3 Å². The second-order valence-corrected chi connectivity index (χ2v) is 8.49. The number of rotatable bonds is 9. The molecule has 0 bridgehead atoms. The van der Waals surface area contributed by atoms with Gasteiger partial charge in [-0.05, 0) is 60.9 Å². The summed E-state index contributed by atoms with van der Waals surface area (Å²) in [4.78, 5) is 17.5. The van der Waals surface area contributed by atoms with Gasteiger partial charge in [-0.25, -0.2) is 4.98 Å². The van der Waals surface area contributed by atoms with Gasteiger partial charge in [0.1, 0.15) is 18.2 Å². The topological polar surface area (TPSA) is 56.1 Å². The zero-order valence-electron chi connectivity index (χ0n) is 18.9. The molecule has 1 aromatic heterocycles. The molecule has 33 heavy (non-hydrogen) atoms. The molecule has 3 aromatic carbocycles. The summed E-state index contributed by atoms with van der Waals surface area (Å²) in [5.74, 6) is 1.60. The van der Waals surface area contributed by atoms with Crippen molar-refractivity contribution >= 4 is 28.5 Å². The summed E-state index contributed by atoms with van der Waals surface area (Å²) >= 11 is 5.94. The maximum Gasteiger partial charge on any atom is 0.224 e. The van der Waals surface area contributed by atoms with Crippen LogP contribution in [-0.4, -0.2) is 22.1 Å². The van der Waals surface area contributed by atoms with Crippen molar-refractivity contribution in [2.24, 2.45) is 0 Å². The molecule has 5 nitrogen and oxygen atoms in total. The third kappa shape index (κ3) is 5.74. The van der Waals surface area contributed by atoms with Crippen LogP contribution in [0.15, 0.2) is 72.8 Å². The van der Waals surface area contributed by atoms with E-state index in [1.165, 1.54) is 5.56 Å². The quantitative estimate of drug-likeness (QED) is 0.345. The van der Waals surface area contributed by atoms with Crippen molar-refractivity contribution in [2.75, 3.05) is 6.61 Å². The SMILES string of the molecule is CCc1ccc(OCCn2c(C(C)NC(=O)Cc3ccc(Cl)cc3)nc3ccccc32)cc1. The number of hydrogen-bond acceptors (Lipinski definition) is 3. The fraction of sp³-hybridized carbons (Fsp3) is 0.259. The Hall–Kier alpha value is -3.31. The predicted octanol–water partition coefficient (Wildman–Crippen LogP) is 5.75. The van der Waals surface area contributed by atoms with Crippen molar-refractivity contribution in [3.63, 3.8) is 0 Å². The van der Waals surface area contributed by atoms with Gasteiger partial charge in [-0.1, -0.05) is 54.9 Å². The number of para-hydroxylation sites is 2. The van der Waals surface area contributed by atoms with Crippen molar-refractivity contribution < 1.29 is 9.53 Å². The third-order valence-corrected chi connectivity index (χ3v) is 5.89. The van der Waals surface area contributed by atoms with Gasteiger partial charge in [-0.3, -0.25) is 4.79 Å². The number of imidazole rings is 1. The van der Waals surface area contributed by atoms with Gasteiger partial charge < -0.3 is 14.6 Å². The number of benzene rings is 3. The molecule has 0 saturated heterocycles. The Labute approximate surface area is 199 Å². The van der Waals surface area contributed by atoms with Crippen molar-refractivity contribution in [1.82, 2.24) is 14.9 Å². The second-order valence-electron chi connectivity index (χ2n) is 8.05. The summed E-state index contributed by atoms with van der Waals surface area (Å²) in [5, 5.41) is 3.74. The van der Waals surface area contributed by atoms with Crippen molar-refractivity contribution in [3.05, 3.63) is 94.8 Å². The molecule has 1 N–H and O–H groups in total. The van der Waals surface area contributed by atoms with Gasteiger partial charge in [0.15, 0.2) is 0 Å². The van der Waals surface area contributed by atoms with E-state index in [0.29, 0.717) is 24.6 Å². The highest BCUT2D eigenvalue weighted by atomic mass is 35.5. The van der Waals surface area contributed by atoms with Gasteiger partial charge >= 0.3 is 0 Å². The molecule has 4 rings (SSSR count). The number of carbonyl (C=O) groups excluding carboxylic acids is 1. The van der Waals surface area contributed by atoms with E-state index >= 15 is 0 Å². The molecule has 1 atom stereocenters. The summed E-state index contributed by atoms with van der Waals surface area (Å²) in [6.45, 7) is 5.23. The lowest BCUT2D eigenvalue weighted by molar-refractivity contribution is -0.121. The normalized spacial score (nSPS) is 12.0. The highest BCUT2D eigenvalue weighted by Gasteiger charge is 2.18. The average Bonchev–Trinajstić information content (AvgIpc) is 3.20. The van der Waals surface area contributed by atoms with Gasteiger partial charge in [-0.2, -0.15) is 0 Å². The lowest BCUT2D eigenvalue weighted by Gasteiger charge is -2.17. The second kappa shape index (κ2) is 10.5. The molecule has 170 valence electrons. The predicted molar refractivity (Wildman–Crippen MR) is 133 cm³/mol. The molecule has 0 fully saturated rings. The van der Waals surface area contributed by atoms with Crippen LogP contribution in [0.4, 0.5) is 0 Å². The Kier molecular flexibility index (Phi) is 7.30. The molecule has 0 aliphatic carbocycles. The molecular weight excluding hydrogens is 434 g/mol. The largest absolute Gasteiger partial charge is 0.492 e. The Balaban J connectivity index is 1.46. The Bertz CT molecular complexity index is 1220. The van der Waals surface area contributed by atoms with E-state index in [1.54, 1.807) is 12.1 Å². The number of carbonyl (C=O) groups is 1. The number of ether oxygens (including phenoxy) is 1. The number of aromatic nitrogens is 2. The maximum absolute atomic E-state index is 12.7. The number of fused-ring (bicyclic) bond motifs is 1. The van der Waals surface area contributed by atoms with Crippen LogP contribution in [0.2, 0.25) is 5.02 Å². The number of amides is 1. The van der Waals surface area contributed by atoms with Crippen LogP contribution in [-0.2, 0) is 24.2 Å². The highest BCUT2D eigenvalue weighted by Crippen LogP contribution is 2.22. The molecule has 0 saturated carbocycles. The standard InChI is InChI=1S/C27H28ClN3O2/c1-3-20-10-14-23(15-11-20)33-17-16-31-25-7-5-4-6-24(25)30-27(31)19(2)29-26(32)18-21-8-12-22(28)13-9-21/h4-15,19H,3,16-18H2,1-2H3,(H,29,32). The first-order valence-electron chi connectivity index (χ1n) is 11.2. The summed E-state index contributed by atoms with van der Waals surface area (Å²) in [7, 11) is 0. The van der Waals surface area contributed by atoms with Gasteiger partial charge in [-0.15, -0.1) is 0 Å². The van der Waals surface area contributed by atoms with Crippen molar-refractivity contribution in [1.29, 1.82) is 0 Å². The minimum atomic E-state index is -0.249. The fourth-order valence-corrected chi connectivity index (χ4v) is 4.01. The van der Waals surface area contributed by atoms with Crippen LogP contribution < -0.4 is 10.1 Å². The van der Waals surface area contributed by atoms with Crippen molar-refractivity contribution in [3.8, 4) is 5.75 Å². The Morgan fingerprint density at radius 3 is 2.45 bits per heavy atom. The summed E-state index contributed by atoms with van der Waals surface area (Å²) < 4.78 is 8.11. The van der Waals surface area contributed by atoms with E-state index in [2.05, 4.69) is 28.9 Å².